The molecule has 6 nitrogen and oxygen atoms in total. The summed E-state index contributed by atoms with van der Waals surface area (Å²) in [7, 11) is -10.6. The van der Waals surface area contributed by atoms with E-state index in [-0.39, 0.29) is 0 Å². The Morgan fingerprint density at radius 3 is 1.13 bits per heavy atom. The first-order valence-corrected chi connectivity index (χ1v) is 39.8. The van der Waals surface area contributed by atoms with E-state index < -0.39 is 58.7 Å². The first-order chi connectivity index (χ1) is 25.0. The van der Waals surface area contributed by atoms with E-state index in [1.54, 1.807) is 0 Å². The summed E-state index contributed by atoms with van der Waals surface area (Å²) in [4.78, 5) is 0. The van der Waals surface area contributed by atoms with E-state index in [1.807, 2.05) is 20.8 Å². The molecular formula is C40H88O6Si7. The van der Waals surface area contributed by atoms with Crippen molar-refractivity contribution in [2.45, 2.75) is 166 Å². The molecule has 0 amide bonds. The predicted molar refractivity (Wildman–Crippen MR) is 253 cm³/mol. The Labute approximate surface area is 338 Å². The Bertz CT molecular complexity index is 967. The van der Waals surface area contributed by atoms with Crippen molar-refractivity contribution in [1.29, 1.82) is 0 Å². The smallest absolute Gasteiger partial charge is 0.376 e. The summed E-state index contributed by atoms with van der Waals surface area (Å²) in [6, 6.07) is 8.07. The summed E-state index contributed by atoms with van der Waals surface area (Å²) in [6.07, 6.45) is 8.48. The minimum absolute atomic E-state index is 0.677. The molecule has 0 aromatic rings. The molecule has 0 aromatic carbocycles. The summed E-state index contributed by atoms with van der Waals surface area (Å²) in [5, 5.41) is 0. The van der Waals surface area contributed by atoms with Gasteiger partial charge >= 0.3 is 18.3 Å². The lowest BCUT2D eigenvalue weighted by Gasteiger charge is -2.39. The van der Waals surface area contributed by atoms with E-state index in [2.05, 4.69) is 103 Å². The molecule has 2 fully saturated rings. The molecule has 312 valence electrons. The number of hydrogen-bond donors (Lipinski definition) is 0. The quantitative estimate of drug-likeness (QED) is 0.121. The van der Waals surface area contributed by atoms with Crippen molar-refractivity contribution in [2.24, 2.45) is 0 Å². The van der Waals surface area contributed by atoms with Crippen LogP contribution in [0.4, 0.5) is 0 Å². The van der Waals surface area contributed by atoms with Gasteiger partial charge in [0, 0.05) is 53.8 Å². The molecule has 2 saturated heterocycles. The highest BCUT2D eigenvalue weighted by Gasteiger charge is 2.45. The third kappa shape index (κ3) is 21.5. The summed E-state index contributed by atoms with van der Waals surface area (Å²) in [6.45, 7) is 45.7. The molecule has 0 aromatic heterocycles. The Kier molecular flexibility index (Phi) is 27.9. The van der Waals surface area contributed by atoms with Crippen molar-refractivity contribution in [1.82, 2.24) is 0 Å². The molecule has 0 aliphatic carbocycles. The third-order valence-corrected chi connectivity index (χ3v) is 47.9. The minimum Gasteiger partial charge on any atom is -0.376 e. The van der Waals surface area contributed by atoms with E-state index in [0.29, 0.717) is 39.6 Å². The Hall–Kier alpha value is 0.238. The lowest BCUT2D eigenvalue weighted by atomic mass is 10.3. The summed E-state index contributed by atoms with van der Waals surface area (Å²) < 4.78 is 33.9. The van der Waals surface area contributed by atoms with Crippen LogP contribution in [0.15, 0.2) is 49.1 Å². The first-order valence-electron chi connectivity index (χ1n) is 21.3. The van der Waals surface area contributed by atoms with Gasteiger partial charge in [-0.3, -0.25) is 0 Å². The van der Waals surface area contributed by atoms with Gasteiger partial charge in [-0.1, -0.05) is 118 Å². The molecule has 2 aliphatic heterocycles. The molecule has 0 bridgehead atoms. The highest BCUT2D eigenvalue weighted by Crippen LogP contribution is 2.39. The van der Waals surface area contributed by atoms with Gasteiger partial charge in [-0.25, -0.2) is 0 Å². The van der Waals surface area contributed by atoms with Crippen LogP contribution in [0, 0.1) is 0 Å². The third-order valence-electron chi connectivity index (χ3n) is 11.5. The Morgan fingerprint density at radius 2 is 0.811 bits per heavy atom. The normalized spacial score (nSPS) is 30.0. The van der Waals surface area contributed by atoms with Crippen molar-refractivity contribution in [3.63, 3.8) is 0 Å². The zero-order chi connectivity index (χ0) is 40.5. The van der Waals surface area contributed by atoms with E-state index in [4.69, 9.17) is 26.6 Å². The molecule has 2 aliphatic rings. The van der Waals surface area contributed by atoms with Gasteiger partial charge in [0.1, 0.15) is 0 Å². The second-order valence-electron chi connectivity index (χ2n) is 17.0. The van der Waals surface area contributed by atoms with Crippen LogP contribution in [0.1, 0.15) is 80.1 Å². The van der Waals surface area contributed by atoms with Crippen molar-refractivity contribution in [3.05, 3.63) is 49.1 Å². The van der Waals surface area contributed by atoms with Gasteiger partial charge in [0.2, 0.25) is 0 Å². The molecule has 0 radical (unpaired) electrons. The molecule has 4 unspecified atom stereocenters. The van der Waals surface area contributed by atoms with Crippen LogP contribution in [0.3, 0.4) is 0 Å². The molecule has 53 heavy (non-hydrogen) atoms. The van der Waals surface area contributed by atoms with Gasteiger partial charge in [0.05, 0.1) is 32.3 Å². The fraction of sp³-hybridized carbons (Fsp3) is 0.800. The van der Waals surface area contributed by atoms with Gasteiger partial charge in [0.25, 0.3) is 0 Å². The van der Waals surface area contributed by atoms with Crippen molar-refractivity contribution < 1.29 is 26.6 Å². The number of hydrogen-bond acceptors (Lipinski definition) is 6. The molecule has 4 atom stereocenters. The molecule has 2 rings (SSSR count). The molecule has 2 heterocycles. The average Bonchev–Trinajstić information content (AvgIpc) is 3.11. The molecule has 0 saturated carbocycles. The van der Waals surface area contributed by atoms with Gasteiger partial charge in [-0.15, -0.1) is 49.1 Å². The Balaban J connectivity index is 0.000000830. The lowest BCUT2D eigenvalue weighted by Crippen LogP contribution is -2.49. The second-order valence-corrected chi connectivity index (χ2v) is 46.6. The maximum Gasteiger partial charge on any atom is 0.500 e. The first kappa shape index (κ1) is 53.2. The second kappa shape index (κ2) is 27.8. The van der Waals surface area contributed by atoms with Gasteiger partial charge < -0.3 is 26.6 Å². The van der Waals surface area contributed by atoms with Crippen LogP contribution >= 0.6 is 0 Å². The topological polar surface area (TPSA) is 55.4 Å². The van der Waals surface area contributed by atoms with Crippen LogP contribution < -0.4 is 0 Å². The highest BCUT2D eigenvalue weighted by atomic mass is 28.4. The fourth-order valence-corrected chi connectivity index (χ4v) is 51.1. The maximum atomic E-state index is 6.09. The summed E-state index contributed by atoms with van der Waals surface area (Å²) >= 11 is 0. The SMILES string of the molecule is C=C[Si]1(C)CCCCC[Si](C)(C=C)C[Si](C)(C=C)C1.C=C[Si]1(C)CCCCC[Si](C)(CC[Si](OCC)(OCC)OCC)C1.CCO[SiH](OCC)OCC. The predicted octanol–water partition coefficient (Wildman–Crippen LogP) is 12.1. The fourth-order valence-electron chi connectivity index (χ4n) is 8.62. The van der Waals surface area contributed by atoms with Crippen molar-refractivity contribution >= 4 is 58.7 Å². The number of rotatable bonds is 19. The summed E-state index contributed by atoms with van der Waals surface area (Å²) in [5.41, 5.74) is 13.9. The highest BCUT2D eigenvalue weighted by molar-refractivity contribution is 7.07. The molecular weight excluding hydrogens is 773 g/mol. The molecule has 0 N–H and O–H groups in total. The van der Waals surface area contributed by atoms with Gasteiger partial charge in [-0.2, -0.15) is 0 Å². The Morgan fingerprint density at radius 1 is 0.472 bits per heavy atom. The van der Waals surface area contributed by atoms with Crippen molar-refractivity contribution in [2.75, 3.05) is 39.6 Å². The average molecular weight is 862 g/mol. The van der Waals surface area contributed by atoms with Crippen LogP contribution in [0.2, 0.25) is 86.0 Å². The van der Waals surface area contributed by atoms with Gasteiger partial charge in [0.15, 0.2) is 0 Å². The van der Waals surface area contributed by atoms with Crippen LogP contribution in [0.5, 0.6) is 0 Å². The van der Waals surface area contributed by atoms with E-state index >= 15 is 0 Å². The van der Waals surface area contributed by atoms with E-state index in [1.165, 1.54) is 85.7 Å². The largest absolute Gasteiger partial charge is 0.500 e. The maximum absolute atomic E-state index is 6.09. The standard InChI is InChI=1S/C18H40O3Si3.C16H32Si3.C6H16O3Si/c1-7-19-24(20-8-2,21-9-3)17-16-23(6)15-13-11-12-14-22(5,10-4)18-23;1-7-17(4)13-11-10-12-14-18(5,8-2)16-19(6,9-3)15-17;1-4-7-10(8-5-2)9-6-3/h10H,4,7-9,11-18H2,1-3,5-6H3;7-9H,1-3,10-16H2,4-6H3;10H,4-6H2,1-3H3. The molecule has 13 heteroatoms. The molecule has 0 spiro atoms. The van der Waals surface area contributed by atoms with E-state index in [9.17, 15) is 0 Å². The van der Waals surface area contributed by atoms with Gasteiger partial charge in [-0.05, 0) is 41.5 Å². The monoisotopic (exact) mass is 860 g/mol. The zero-order valence-electron chi connectivity index (χ0n) is 37.0. The van der Waals surface area contributed by atoms with Crippen LogP contribution in [-0.2, 0) is 26.6 Å². The van der Waals surface area contributed by atoms with Crippen LogP contribution in [-0.4, -0.2) is 98.3 Å². The van der Waals surface area contributed by atoms with Crippen molar-refractivity contribution in [3.8, 4) is 0 Å². The lowest BCUT2D eigenvalue weighted by molar-refractivity contribution is 0.0724. The minimum atomic E-state index is -2.49. The zero-order valence-corrected chi connectivity index (χ0v) is 44.2. The van der Waals surface area contributed by atoms with Crippen LogP contribution in [0.25, 0.3) is 0 Å². The summed E-state index contributed by atoms with van der Waals surface area (Å²) in [5.74, 6) is 0. The van der Waals surface area contributed by atoms with E-state index in [0.717, 1.165) is 6.04 Å².